The number of anilines is 2. The summed E-state index contributed by atoms with van der Waals surface area (Å²) in [5.74, 6) is -1.72. The Morgan fingerprint density at radius 3 is 2.12 bits per heavy atom. The van der Waals surface area contributed by atoms with Crippen LogP contribution in [0.3, 0.4) is 0 Å². The van der Waals surface area contributed by atoms with Crippen LogP contribution in [0.25, 0.3) is 6.08 Å². The molecule has 1 heterocycles. The van der Waals surface area contributed by atoms with Crippen LogP contribution in [-0.4, -0.2) is 29.4 Å². The normalized spacial score (nSPS) is 10.9. The molecule has 1 aromatic heterocycles. The number of rotatable bonds is 7. The molecule has 0 aliphatic rings. The van der Waals surface area contributed by atoms with Crippen LogP contribution in [0.4, 0.5) is 11.4 Å². The molecule has 0 saturated heterocycles. The monoisotopic (exact) mass is 449 g/mol. The average Bonchev–Trinajstić information content (AvgIpc) is 2.79. The number of aromatic nitrogens is 1. The molecule has 2 aromatic carbocycles. The first kappa shape index (κ1) is 22.7. The van der Waals surface area contributed by atoms with Crippen LogP contribution in [-0.2, 0) is 14.3 Å². The first-order valence-electron chi connectivity index (χ1n) is 9.75. The number of esters is 1. The van der Waals surface area contributed by atoms with Crippen LogP contribution < -0.4 is 10.6 Å². The van der Waals surface area contributed by atoms with E-state index >= 15 is 0 Å². The number of carbonyl (C=O) groups is 3. The van der Waals surface area contributed by atoms with Gasteiger partial charge in [-0.05, 0) is 55.5 Å². The number of para-hydroxylation sites is 1. The van der Waals surface area contributed by atoms with Crippen molar-refractivity contribution in [3.63, 3.8) is 0 Å². The van der Waals surface area contributed by atoms with Gasteiger partial charge in [0.2, 0.25) is 0 Å². The maximum Gasteiger partial charge on any atom is 0.338 e. The molecule has 0 unspecified atom stereocenters. The summed E-state index contributed by atoms with van der Waals surface area (Å²) in [6, 6.07) is 18.2. The number of hydrogen-bond acceptors (Lipinski definition) is 5. The first-order chi connectivity index (χ1) is 15.5. The highest BCUT2D eigenvalue weighted by atomic mass is 35.5. The zero-order chi connectivity index (χ0) is 22.9. The number of halogens is 1. The van der Waals surface area contributed by atoms with Crippen molar-refractivity contribution in [2.45, 2.75) is 6.92 Å². The Morgan fingerprint density at radius 2 is 1.53 bits per heavy atom. The van der Waals surface area contributed by atoms with Gasteiger partial charge in [-0.25, -0.2) is 9.78 Å². The number of amides is 2. The van der Waals surface area contributed by atoms with E-state index in [1.165, 1.54) is 24.4 Å². The van der Waals surface area contributed by atoms with Crippen molar-refractivity contribution >= 4 is 46.8 Å². The Hall–Kier alpha value is -3.97. The molecular formula is C24H20ClN3O4. The molecule has 0 aliphatic carbocycles. The highest BCUT2D eigenvalue weighted by molar-refractivity contribution is 6.32. The first-order valence-corrected chi connectivity index (χ1v) is 10.1. The van der Waals surface area contributed by atoms with Gasteiger partial charge in [-0.2, -0.15) is 0 Å². The van der Waals surface area contributed by atoms with Crippen LogP contribution in [0, 0.1) is 0 Å². The molecule has 8 heteroatoms. The van der Waals surface area contributed by atoms with Gasteiger partial charge < -0.3 is 15.4 Å². The minimum absolute atomic E-state index is 0.157. The van der Waals surface area contributed by atoms with E-state index in [1.807, 2.05) is 6.07 Å². The third-order valence-electron chi connectivity index (χ3n) is 4.26. The van der Waals surface area contributed by atoms with Crippen molar-refractivity contribution in [3.8, 4) is 0 Å². The Morgan fingerprint density at radius 1 is 0.906 bits per heavy atom. The number of carbonyl (C=O) groups excluding carboxylic acids is 3. The lowest BCUT2D eigenvalue weighted by Gasteiger charge is -2.11. The van der Waals surface area contributed by atoms with Gasteiger partial charge >= 0.3 is 5.97 Å². The average molecular weight is 450 g/mol. The molecule has 2 amide bonds. The van der Waals surface area contributed by atoms with Gasteiger partial charge in [-0.1, -0.05) is 35.9 Å². The largest absolute Gasteiger partial charge is 0.462 e. The summed E-state index contributed by atoms with van der Waals surface area (Å²) in [4.78, 5) is 41.7. The number of pyridine rings is 1. The van der Waals surface area contributed by atoms with Gasteiger partial charge in [0.25, 0.3) is 11.8 Å². The SMILES string of the molecule is CCOC(=O)c1ccc(NC(=O)/C(=C/c2cccnc2Cl)C(=O)Nc2ccccc2)cc1. The molecule has 0 saturated carbocycles. The standard InChI is InChI=1S/C24H20ClN3O4/c1-2-32-24(31)16-10-12-19(13-11-16)28-23(30)20(15-17-7-6-14-26-21(17)25)22(29)27-18-8-4-3-5-9-18/h3-15H,2H2,1H3,(H,27,29)(H,28,30)/b20-15+. The smallest absolute Gasteiger partial charge is 0.338 e. The van der Waals surface area contributed by atoms with Crippen LogP contribution in [0.5, 0.6) is 0 Å². The summed E-state index contributed by atoms with van der Waals surface area (Å²) in [5, 5.41) is 5.51. The van der Waals surface area contributed by atoms with E-state index in [1.54, 1.807) is 55.5 Å². The van der Waals surface area contributed by atoms with Crippen LogP contribution >= 0.6 is 11.6 Å². The summed E-state index contributed by atoms with van der Waals surface area (Å²) < 4.78 is 4.95. The lowest BCUT2D eigenvalue weighted by atomic mass is 10.1. The fourth-order valence-electron chi connectivity index (χ4n) is 2.72. The maximum atomic E-state index is 13.0. The molecule has 7 nitrogen and oxygen atoms in total. The number of ether oxygens (including phenoxy) is 1. The number of nitrogens with zero attached hydrogens (tertiary/aromatic N) is 1. The molecule has 3 rings (SSSR count). The summed E-state index contributed by atoms with van der Waals surface area (Å²) in [6.45, 7) is 1.98. The van der Waals surface area contributed by atoms with Crippen molar-refractivity contribution in [1.29, 1.82) is 0 Å². The second-order valence-electron chi connectivity index (χ2n) is 6.51. The van der Waals surface area contributed by atoms with Gasteiger partial charge in [-0.15, -0.1) is 0 Å². The quantitative estimate of drug-likeness (QED) is 0.181. The summed E-state index contributed by atoms with van der Waals surface area (Å²) >= 11 is 6.11. The van der Waals surface area contributed by atoms with Gasteiger partial charge in [-0.3, -0.25) is 9.59 Å². The Labute approximate surface area is 190 Å². The molecule has 0 atom stereocenters. The minimum Gasteiger partial charge on any atom is -0.462 e. The lowest BCUT2D eigenvalue weighted by molar-refractivity contribution is -0.118. The molecule has 32 heavy (non-hydrogen) atoms. The van der Waals surface area contributed by atoms with E-state index in [0.29, 0.717) is 22.5 Å². The molecule has 0 radical (unpaired) electrons. The molecule has 0 spiro atoms. The summed E-state index contributed by atoms with van der Waals surface area (Å²) in [5.41, 5.74) is 1.54. The molecule has 0 aliphatic heterocycles. The topological polar surface area (TPSA) is 97.4 Å². The predicted molar refractivity (Wildman–Crippen MR) is 123 cm³/mol. The number of benzene rings is 2. The highest BCUT2D eigenvalue weighted by Gasteiger charge is 2.20. The maximum absolute atomic E-state index is 13.0. The molecular weight excluding hydrogens is 430 g/mol. The summed E-state index contributed by atoms with van der Waals surface area (Å²) in [6.07, 6.45) is 2.88. The highest BCUT2D eigenvalue weighted by Crippen LogP contribution is 2.19. The van der Waals surface area contributed by atoms with E-state index in [2.05, 4.69) is 15.6 Å². The van der Waals surface area contributed by atoms with Crippen molar-refractivity contribution < 1.29 is 19.1 Å². The van der Waals surface area contributed by atoms with Gasteiger partial charge in [0.05, 0.1) is 12.2 Å². The fraction of sp³-hybridized carbons (Fsp3) is 0.0833. The van der Waals surface area contributed by atoms with Crippen molar-refractivity contribution in [2.24, 2.45) is 0 Å². The Kier molecular flexibility index (Phi) is 7.72. The predicted octanol–water partition coefficient (Wildman–Crippen LogP) is 4.57. The summed E-state index contributed by atoms with van der Waals surface area (Å²) in [7, 11) is 0. The van der Waals surface area contributed by atoms with Gasteiger partial charge in [0.1, 0.15) is 10.7 Å². The number of hydrogen-bond donors (Lipinski definition) is 2. The van der Waals surface area contributed by atoms with E-state index in [4.69, 9.17) is 16.3 Å². The van der Waals surface area contributed by atoms with E-state index in [9.17, 15) is 14.4 Å². The zero-order valence-corrected chi connectivity index (χ0v) is 17.9. The molecule has 3 aromatic rings. The molecule has 162 valence electrons. The van der Waals surface area contributed by atoms with E-state index < -0.39 is 17.8 Å². The molecule has 0 bridgehead atoms. The third-order valence-corrected chi connectivity index (χ3v) is 4.58. The van der Waals surface area contributed by atoms with Crippen molar-refractivity contribution in [2.75, 3.05) is 17.2 Å². The fourth-order valence-corrected chi connectivity index (χ4v) is 2.89. The zero-order valence-electron chi connectivity index (χ0n) is 17.2. The van der Waals surface area contributed by atoms with Crippen LogP contribution in [0.2, 0.25) is 5.15 Å². The second-order valence-corrected chi connectivity index (χ2v) is 6.87. The number of nitrogens with one attached hydrogen (secondary N) is 2. The molecule has 2 N–H and O–H groups in total. The van der Waals surface area contributed by atoms with Crippen LogP contribution in [0.15, 0.2) is 78.5 Å². The van der Waals surface area contributed by atoms with E-state index in [0.717, 1.165) is 0 Å². The van der Waals surface area contributed by atoms with Gasteiger partial charge in [0.15, 0.2) is 0 Å². The van der Waals surface area contributed by atoms with Crippen molar-refractivity contribution in [3.05, 3.63) is 94.8 Å². The second kappa shape index (κ2) is 10.9. The van der Waals surface area contributed by atoms with Crippen molar-refractivity contribution in [1.82, 2.24) is 4.98 Å². The van der Waals surface area contributed by atoms with E-state index in [-0.39, 0.29) is 17.3 Å². The Balaban J connectivity index is 1.85. The Bertz CT molecular complexity index is 1150. The third kappa shape index (κ3) is 6.02. The lowest BCUT2D eigenvalue weighted by Crippen LogP contribution is -2.25. The molecule has 0 fully saturated rings. The minimum atomic E-state index is -0.651. The van der Waals surface area contributed by atoms with Crippen LogP contribution in [0.1, 0.15) is 22.8 Å². The van der Waals surface area contributed by atoms with Gasteiger partial charge in [0, 0.05) is 23.1 Å².